The molecule has 3 rings (SSSR count). The normalized spacial score (nSPS) is 18.6. The Labute approximate surface area is 128 Å². The molecule has 0 unspecified atom stereocenters. The Morgan fingerprint density at radius 1 is 1.24 bits per heavy atom. The van der Waals surface area contributed by atoms with Crippen molar-refractivity contribution in [2.75, 3.05) is 43.5 Å². The Balaban J connectivity index is 1.64. The summed E-state index contributed by atoms with van der Waals surface area (Å²) in [6.07, 6.45) is 0.366. The highest BCUT2D eigenvalue weighted by Gasteiger charge is 2.25. The van der Waals surface area contributed by atoms with Gasteiger partial charge in [0, 0.05) is 31.0 Å². The average molecular weight is 306 g/mol. The number of ether oxygens (including phenoxy) is 1. The first kappa shape index (κ1) is 14.4. The van der Waals surface area contributed by atoms with Crippen LogP contribution in [0.4, 0.5) is 5.69 Å². The average Bonchev–Trinajstić information content (AvgIpc) is 2.54. The molecule has 0 N–H and O–H groups in total. The fourth-order valence-corrected chi connectivity index (χ4v) is 3.51. The molecule has 21 heavy (non-hydrogen) atoms. The van der Waals surface area contributed by atoms with E-state index in [-0.39, 0.29) is 11.8 Å². The number of hydrogen-bond donors (Lipinski definition) is 0. The quantitative estimate of drug-likeness (QED) is 0.846. The highest BCUT2D eigenvalue weighted by Crippen LogP contribution is 2.34. The summed E-state index contributed by atoms with van der Waals surface area (Å²) in [5.74, 6) is 0.623. The molecule has 0 radical (unpaired) electrons. The van der Waals surface area contributed by atoms with E-state index in [1.165, 1.54) is 0 Å². The summed E-state index contributed by atoms with van der Waals surface area (Å²) >= 11 is 1.56. The second-order valence-electron chi connectivity index (χ2n) is 5.04. The summed E-state index contributed by atoms with van der Waals surface area (Å²) in [6, 6.07) is 7.86. The number of para-hydroxylation sites is 1. The van der Waals surface area contributed by atoms with Gasteiger partial charge in [-0.3, -0.25) is 9.59 Å². The van der Waals surface area contributed by atoms with Gasteiger partial charge in [-0.05, 0) is 12.1 Å². The molecule has 112 valence electrons. The molecule has 0 spiro atoms. The van der Waals surface area contributed by atoms with Gasteiger partial charge in [-0.1, -0.05) is 12.1 Å². The van der Waals surface area contributed by atoms with Crippen molar-refractivity contribution in [3.05, 3.63) is 24.3 Å². The number of thioether (sulfide) groups is 1. The minimum absolute atomic E-state index is 0.0773. The predicted octanol–water partition coefficient (Wildman–Crippen LogP) is 1.37. The Morgan fingerprint density at radius 2 is 2.00 bits per heavy atom. The predicted molar refractivity (Wildman–Crippen MR) is 81.5 cm³/mol. The van der Waals surface area contributed by atoms with Gasteiger partial charge in [0.15, 0.2) is 0 Å². The fraction of sp³-hybridized carbons (Fsp3) is 0.467. The van der Waals surface area contributed by atoms with Crippen LogP contribution in [0.25, 0.3) is 0 Å². The molecule has 2 aliphatic rings. The van der Waals surface area contributed by atoms with Crippen LogP contribution < -0.4 is 4.90 Å². The van der Waals surface area contributed by atoms with E-state index in [1.807, 2.05) is 29.2 Å². The molecule has 2 heterocycles. The largest absolute Gasteiger partial charge is 0.378 e. The summed E-state index contributed by atoms with van der Waals surface area (Å²) in [7, 11) is 0. The Morgan fingerprint density at radius 3 is 2.81 bits per heavy atom. The third-order valence-electron chi connectivity index (χ3n) is 3.72. The zero-order valence-electron chi connectivity index (χ0n) is 11.8. The zero-order valence-corrected chi connectivity index (χ0v) is 12.6. The first-order valence-corrected chi connectivity index (χ1v) is 8.12. The number of hydrogen-bond acceptors (Lipinski definition) is 4. The summed E-state index contributed by atoms with van der Waals surface area (Å²) < 4.78 is 5.25. The number of carbonyl (C=O) groups is 2. The number of amides is 2. The molecule has 0 aliphatic carbocycles. The number of carbonyl (C=O) groups excluding carboxylic acids is 2. The molecular weight excluding hydrogens is 288 g/mol. The second-order valence-corrected chi connectivity index (χ2v) is 6.06. The van der Waals surface area contributed by atoms with E-state index in [2.05, 4.69) is 0 Å². The van der Waals surface area contributed by atoms with Gasteiger partial charge in [0.2, 0.25) is 11.8 Å². The lowest BCUT2D eigenvalue weighted by Crippen LogP contribution is -2.43. The SMILES string of the molecule is O=C(CCN1C(=O)CSc2ccccc21)N1CCOCC1. The van der Waals surface area contributed by atoms with Gasteiger partial charge in [0.25, 0.3) is 0 Å². The van der Waals surface area contributed by atoms with Crippen molar-refractivity contribution in [3.8, 4) is 0 Å². The van der Waals surface area contributed by atoms with Gasteiger partial charge in [-0.2, -0.15) is 0 Å². The zero-order chi connectivity index (χ0) is 14.7. The van der Waals surface area contributed by atoms with Crippen LogP contribution in [0.3, 0.4) is 0 Å². The lowest BCUT2D eigenvalue weighted by atomic mass is 10.2. The van der Waals surface area contributed by atoms with Crippen molar-refractivity contribution >= 4 is 29.3 Å². The van der Waals surface area contributed by atoms with E-state index in [9.17, 15) is 9.59 Å². The van der Waals surface area contributed by atoms with Gasteiger partial charge < -0.3 is 14.5 Å². The molecule has 1 aromatic carbocycles. The van der Waals surface area contributed by atoms with Crippen molar-refractivity contribution in [3.63, 3.8) is 0 Å². The standard InChI is InChI=1S/C15H18N2O3S/c18-14(16-7-9-20-10-8-16)5-6-17-12-3-1-2-4-13(12)21-11-15(17)19/h1-4H,5-11H2. The van der Waals surface area contributed by atoms with Crippen LogP contribution in [0.5, 0.6) is 0 Å². The molecule has 0 aromatic heterocycles. The second kappa shape index (κ2) is 6.49. The third-order valence-corrected chi connectivity index (χ3v) is 4.77. The molecule has 0 atom stereocenters. The molecule has 6 heteroatoms. The van der Waals surface area contributed by atoms with Gasteiger partial charge in [0.1, 0.15) is 0 Å². The molecule has 2 aliphatic heterocycles. The topological polar surface area (TPSA) is 49.9 Å². The maximum absolute atomic E-state index is 12.2. The monoisotopic (exact) mass is 306 g/mol. The van der Waals surface area contributed by atoms with Gasteiger partial charge >= 0.3 is 0 Å². The number of benzene rings is 1. The fourth-order valence-electron chi connectivity index (χ4n) is 2.58. The van der Waals surface area contributed by atoms with Crippen molar-refractivity contribution < 1.29 is 14.3 Å². The number of fused-ring (bicyclic) bond motifs is 1. The number of rotatable bonds is 3. The van der Waals surface area contributed by atoms with E-state index in [0.717, 1.165) is 10.6 Å². The van der Waals surface area contributed by atoms with E-state index < -0.39 is 0 Å². The highest BCUT2D eigenvalue weighted by atomic mass is 32.2. The van der Waals surface area contributed by atoms with Crippen LogP contribution in [0, 0.1) is 0 Å². The molecule has 5 nitrogen and oxygen atoms in total. The van der Waals surface area contributed by atoms with Crippen LogP contribution in [-0.4, -0.2) is 55.3 Å². The minimum Gasteiger partial charge on any atom is -0.378 e. The number of anilines is 1. The molecule has 2 amide bonds. The van der Waals surface area contributed by atoms with Crippen molar-refractivity contribution in [1.29, 1.82) is 0 Å². The van der Waals surface area contributed by atoms with Crippen LogP contribution in [0.15, 0.2) is 29.2 Å². The summed E-state index contributed by atoms with van der Waals surface area (Å²) in [6.45, 7) is 2.97. The van der Waals surface area contributed by atoms with Crippen molar-refractivity contribution in [2.45, 2.75) is 11.3 Å². The first-order chi connectivity index (χ1) is 10.3. The van der Waals surface area contributed by atoms with Gasteiger partial charge in [0.05, 0.1) is 24.7 Å². The van der Waals surface area contributed by atoms with Crippen LogP contribution in [0.1, 0.15) is 6.42 Å². The summed E-state index contributed by atoms with van der Waals surface area (Å²) in [5, 5.41) is 0. The highest BCUT2D eigenvalue weighted by molar-refractivity contribution is 8.00. The van der Waals surface area contributed by atoms with E-state index in [4.69, 9.17) is 4.74 Å². The van der Waals surface area contributed by atoms with E-state index in [0.29, 0.717) is 45.0 Å². The van der Waals surface area contributed by atoms with E-state index in [1.54, 1.807) is 16.7 Å². The molecule has 0 saturated carbocycles. The maximum Gasteiger partial charge on any atom is 0.237 e. The smallest absolute Gasteiger partial charge is 0.237 e. The first-order valence-electron chi connectivity index (χ1n) is 7.13. The Bertz CT molecular complexity index is 543. The summed E-state index contributed by atoms with van der Waals surface area (Å²) in [4.78, 5) is 29.0. The lowest BCUT2D eigenvalue weighted by molar-refractivity contribution is -0.135. The molecular formula is C15H18N2O3S. The molecule has 1 fully saturated rings. The molecule has 1 saturated heterocycles. The maximum atomic E-state index is 12.2. The van der Waals surface area contributed by atoms with Crippen molar-refractivity contribution in [2.24, 2.45) is 0 Å². The summed E-state index contributed by atoms with van der Waals surface area (Å²) in [5.41, 5.74) is 0.925. The van der Waals surface area contributed by atoms with E-state index >= 15 is 0 Å². The van der Waals surface area contributed by atoms with Gasteiger partial charge in [-0.15, -0.1) is 11.8 Å². The third kappa shape index (κ3) is 3.22. The van der Waals surface area contributed by atoms with Crippen molar-refractivity contribution in [1.82, 2.24) is 4.90 Å². The van der Waals surface area contributed by atoms with Crippen LogP contribution >= 0.6 is 11.8 Å². The Hall–Kier alpha value is -1.53. The minimum atomic E-state index is 0.0773. The number of nitrogens with zero attached hydrogens (tertiary/aromatic N) is 2. The van der Waals surface area contributed by atoms with Crippen LogP contribution in [0.2, 0.25) is 0 Å². The Kier molecular flexibility index (Phi) is 4.45. The molecule has 0 bridgehead atoms. The van der Waals surface area contributed by atoms with Crippen LogP contribution in [-0.2, 0) is 14.3 Å². The van der Waals surface area contributed by atoms with Gasteiger partial charge in [-0.25, -0.2) is 0 Å². The lowest BCUT2D eigenvalue weighted by Gasteiger charge is -2.31. The molecule has 1 aromatic rings. The number of morpholine rings is 1.